The third-order valence-corrected chi connectivity index (χ3v) is 2.98. The third-order valence-electron chi connectivity index (χ3n) is 2.11. The maximum absolute atomic E-state index is 13.2. The summed E-state index contributed by atoms with van der Waals surface area (Å²) < 4.78 is 31.6. The van der Waals surface area contributed by atoms with Gasteiger partial charge in [-0.25, -0.2) is 4.98 Å². The Balaban J connectivity index is 2.29. The second kappa shape index (κ2) is 4.37. The fourth-order valence-corrected chi connectivity index (χ4v) is 2.04. The molecule has 0 saturated carbocycles. The molecule has 2 aromatic rings. The minimum Gasteiger partial charge on any atom is -0.425 e. The minimum absolute atomic E-state index is 0.151. The van der Waals surface area contributed by atoms with Crippen molar-refractivity contribution in [2.45, 2.75) is 6.11 Å². The van der Waals surface area contributed by atoms with Gasteiger partial charge in [0.05, 0.1) is 10.2 Å². The summed E-state index contributed by atoms with van der Waals surface area (Å²) in [6.07, 6.45) is -3.93. The summed E-state index contributed by atoms with van der Waals surface area (Å²) in [7, 11) is 1.10. The molecule has 1 aromatic heterocycles. The van der Waals surface area contributed by atoms with Crippen LogP contribution in [0.1, 0.15) is 0 Å². The van der Waals surface area contributed by atoms with E-state index in [0.29, 0.717) is 10.6 Å². The number of nitrogens with one attached hydrogen (secondary N) is 1. The van der Waals surface area contributed by atoms with Gasteiger partial charge in [-0.3, -0.25) is 4.79 Å². The second-order valence-electron chi connectivity index (χ2n) is 3.38. The molecule has 5 nitrogen and oxygen atoms in total. The number of rotatable bonds is 3. The Labute approximate surface area is 105 Å². The number of hydrogen-bond donors (Lipinski definition) is 2. The lowest BCUT2D eigenvalue weighted by Gasteiger charge is -2.15. The smallest absolute Gasteiger partial charge is 0.425 e. The van der Waals surface area contributed by atoms with Gasteiger partial charge in [0.15, 0.2) is 5.13 Å². The molecule has 0 saturated heterocycles. The number of nitrogens with two attached hydrogens (primary N) is 1. The number of carbonyl (C=O) groups excluding carboxylic acids is 1. The number of aromatic nitrogens is 1. The van der Waals surface area contributed by atoms with Crippen LogP contribution in [0, 0.1) is 0 Å². The lowest BCUT2D eigenvalue weighted by molar-refractivity contribution is -0.192. The first-order valence-corrected chi connectivity index (χ1v) is 5.69. The van der Waals surface area contributed by atoms with Crippen molar-refractivity contribution in [1.82, 2.24) is 10.3 Å². The molecule has 0 bridgehead atoms. The summed E-state index contributed by atoms with van der Waals surface area (Å²) in [4.78, 5) is 14.8. The topological polar surface area (TPSA) is 77.2 Å². The molecule has 0 radical (unpaired) electrons. The molecule has 0 spiro atoms. The maximum atomic E-state index is 13.2. The molecule has 2 rings (SSSR count). The quantitative estimate of drug-likeness (QED) is 0.890. The molecule has 18 heavy (non-hydrogen) atoms. The number of likely N-dealkylation sites (N-methyl/N-ethyl adjacent to an activating group) is 1. The van der Waals surface area contributed by atoms with Crippen LogP contribution < -0.4 is 15.8 Å². The van der Waals surface area contributed by atoms with Crippen LogP contribution >= 0.6 is 11.3 Å². The highest BCUT2D eigenvalue weighted by Gasteiger charge is 2.41. The first-order valence-electron chi connectivity index (χ1n) is 4.87. The highest BCUT2D eigenvalue weighted by atomic mass is 32.1. The first kappa shape index (κ1) is 12.5. The van der Waals surface area contributed by atoms with Crippen molar-refractivity contribution in [3.63, 3.8) is 0 Å². The van der Waals surface area contributed by atoms with Gasteiger partial charge < -0.3 is 15.8 Å². The molecular weight excluding hydrogens is 264 g/mol. The monoisotopic (exact) mass is 273 g/mol. The Hall–Kier alpha value is -1.96. The highest BCUT2D eigenvalue weighted by Crippen LogP contribution is 2.29. The zero-order chi connectivity index (χ0) is 13.3. The van der Waals surface area contributed by atoms with Gasteiger partial charge in [-0.15, -0.1) is 0 Å². The third kappa shape index (κ3) is 2.33. The van der Waals surface area contributed by atoms with Crippen LogP contribution in [0.15, 0.2) is 18.2 Å². The largest absolute Gasteiger partial charge is 0.482 e. The summed E-state index contributed by atoms with van der Waals surface area (Å²) in [5, 5.41) is 2.15. The van der Waals surface area contributed by atoms with E-state index in [2.05, 4.69) is 9.72 Å². The number of alkyl halides is 2. The first-order chi connectivity index (χ1) is 8.42. The maximum Gasteiger partial charge on any atom is 0.482 e. The predicted molar refractivity (Wildman–Crippen MR) is 63.7 cm³/mol. The number of amides is 1. The number of nitrogen functional groups attached to an aromatic ring is 1. The second-order valence-corrected chi connectivity index (χ2v) is 4.44. The average molecular weight is 273 g/mol. The van der Waals surface area contributed by atoms with Gasteiger partial charge in [0, 0.05) is 13.1 Å². The van der Waals surface area contributed by atoms with Crippen LogP contribution in [0.4, 0.5) is 13.9 Å². The van der Waals surface area contributed by atoms with E-state index in [1.54, 1.807) is 6.07 Å². The molecule has 0 aliphatic carbocycles. The Bertz CT molecular complexity index is 600. The lowest BCUT2D eigenvalue weighted by Crippen LogP contribution is -2.42. The van der Waals surface area contributed by atoms with Gasteiger partial charge >= 0.3 is 12.0 Å². The highest BCUT2D eigenvalue weighted by molar-refractivity contribution is 7.22. The number of benzene rings is 1. The van der Waals surface area contributed by atoms with Gasteiger partial charge in [0.2, 0.25) is 0 Å². The van der Waals surface area contributed by atoms with Gasteiger partial charge in [-0.1, -0.05) is 11.3 Å². The zero-order valence-corrected chi connectivity index (χ0v) is 10.1. The lowest BCUT2D eigenvalue weighted by atomic mass is 10.3. The predicted octanol–water partition coefficient (Wildman–Crippen LogP) is 1.60. The van der Waals surface area contributed by atoms with Gasteiger partial charge in [-0.2, -0.15) is 8.78 Å². The van der Waals surface area contributed by atoms with Crippen molar-refractivity contribution >= 4 is 32.6 Å². The van der Waals surface area contributed by atoms with Crippen LogP contribution in [0.3, 0.4) is 0 Å². The number of halogens is 2. The van der Waals surface area contributed by atoms with Gasteiger partial charge in [0.25, 0.3) is 0 Å². The molecule has 3 N–H and O–H groups in total. The Morgan fingerprint density at radius 1 is 1.56 bits per heavy atom. The number of hydrogen-bond acceptors (Lipinski definition) is 5. The minimum atomic E-state index is -3.93. The van der Waals surface area contributed by atoms with E-state index in [4.69, 9.17) is 5.73 Å². The van der Waals surface area contributed by atoms with E-state index in [1.165, 1.54) is 23.5 Å². The zero-order valence-electron chi connectivity index (χ0n) is 9.24. The Morgan fingerprint density at radius 3 is 2.94 bits per heavy atom. The van der Waals surface area contributed by atoms with Crippen molar-refractivity contribution in [1.29, 1.82) is 0 Å². The fraction of sp³-hybridized carbons (Fsp3) is 0.200. The number of anilines is 1. The summed E-state index contributed by atoms with van der Waals surface area (Å²) in [5.74, 6) is -1.67. The molecule has 1 amide bonds. The molecule has 0 aliphatic rings. The van der Waals surface area contributed by atoms with Crippen molar-refractivity contribution in [2.75, 3.05) is 12.8 Å². The van der Waals surface area contributed by atoms with E-state index in [0.717, 1.165) is 11.7 Å². The molecule has 1 heterocycles. The summed E-state index contributed by atoms with van der Waals surface area (Å²) in [6.45, 7) is 0. The van der Waals surface area contributed by atoms with Gasteiger partial charge in [-0.05, 0) is 12.1 Å². The Morgan fingerprint density at radius 2 is 2.28 bits per heavy atom. The van der Waals surface area contributed by atoms with E-state index in [-0.39, 0.29) is 5.75 Å². The van der Waals surface area contributed by atoms with Crippen LogP contribution in [-0.2, 0) is 4.79 Å². The molecular formula is C10H9F2N3O2S. The summed E-state index contributed by atoms with van der Waals surface area (Å²) in [5.41, 5.74) is 5.94. The molecule has 0 atom stereocenters. The average Bonchev–Trinajstić information content (AvgIpc) is 2.66. The molecule has 0 unspecified atom stereocenters. The van der Waals surface area contributed by atoms with Crippen molar-refractivity contribution < 1.29 is 18.3 Å². The van der Waals surface area contributed by atoms with Crippen LogP contribution in [0.5, 0.6) is 5.75 Å². The molecule has 1 aromatic carbocycles. The van der Waals surface area contributed by atoms with Crippen molar-refractivity contribution in [3.8, 4) is 5.75 Å². The molecule has 96 valence electrons. The van der Waals surface area contributed by atoms with Gasteiger partial charge in [0.1, 0.15) is 5.75 Å². The van der Waals surface area contributed by atoms with E-state index in [9.17, 15) is 13.6 Å². The number of fused-ring (bicyclic) bond motifs is 1. The summed E-state index contributed by atoms with van der Waals surface area (Å²) in [6, 6.07) is 4.19. The number of ether oxygens (including phenoxy) is 1. The molecule has 0 fully saturated rings. The van der Waals surface area contributed by atoms with Crippen LogP contribution in [-0.4, -0.2) is 24.0 Å². The van der Waals surface area contributed by atoms with E-state index in [1.807, 2.05) is 5.32 Å². The normalized spacial score (nSPS) is 11.5. The molecule has 0 aliphatic heterocycles. The van der Waals surface area contributed by atoms with E-state index < -0.39 is 12.0 Å². The van der Waals surface area contributed by atoms with Crippen LogP contribution in [0.25, 0.3) is 10.2 Å². The van der Waals surface area contributed by atoms with Crippen molar-refractivity contribution in [3.05, 3.63) is 18.2 Å². The number of carbonyl (C=O) groups is 1. The Kier molecular flexibility index (Phi) is 3.04. The fourth-order valence-electron chi connectivity index (χ4n) is 1.33. The SMILES string of the molecule is CNC(=O)C(F)(F)Oc1ccc2sc(N)nc2c1. The molecule has 8 heteroatoms. The standard InChI is InChI=1S/C10H9F2N3O2S/c1-14-8(16)10(11,12)17-5-2-3-7-6(4-5)15-9(13)18-7/h2-4H,1H3,(H2,13,15)(H,14,16). The van der Waals surface area contributed by atoms with Crippen molar-refractivity contribution in [2.24, 2.45) is 0 Å². The van der Waals surface area contributed by atoms with E-state index >= 15 is 0 Å². The summed E-state index contributed by atoms with van der Waals surface area (Å²) >= 11 is 1.23. The number of thiazole rings is 1. The van der Waals surface area contributed by atoms with Crippen LogP contribution in [0.2, 0.25) is 0 Å². The number of nitrogens with zero attached hydrogens (tertiary/aromatic N) is 1.